The molecule has 0 unspecified atom stereocenters. The highest BCUT2D eigenvalue weighted by Gasteiger charge is 2.26. The summed E-state index contributed by atoms with van der Waals surface area (Å²) in [5, 5.41) is 11.8. The maximum absolute atomic E-state index is 12.1. The summed E-state index contributed by atoms with van der Waals surface area (Å²) in [6.07, 6.45) is 1.03. The zero-order valence-electron chi connectivity index (χ0n) is 15.2. The molecule has 1 saturated heterocycles. The number of nitrogens with one attached hydrogen (secondary N) is 1. The number of rotatable bonds is 5. The van der Waals surface area contributed by atoms with E-state index < -0.39 is 5.97 Å². The number of carbonyl (C=O) groups excluding carboxylic acids is 1. The monoisotopic (exact) mass is 348 g/mol. The molecule has 2 N–H and O–H groups in total. The summed E-state index contributed by atoms with van der Waals surface area (Å²) in [6.45, 7) is 8.23. The minimum Gasteiger partial charge on any atom is -0.492 e. The molecule has 0 aromatic heterocycles. The molecule has 1 aliphatic heterocycles. The number of hydrogen-bond donors (Lipinski definition) is 2. The fourth-order valence-corrected chi connectivity index (χ4v) is 2.82. The summed E-state index contributed by atoms with van der Waals surface area (Å²) < 4.78 is 5.72. The van der Waals surface area contributed by atoms with Crippen LogP contribution in [0, 0.1) is 5.92 Å². The highest BCUT2D eigenvalue weighted by atomic mass is 16.5. The molecule has 6 nitrogen and oxygen atoms in total. The van der Waals surface area contributed by atoms with E-state index in [2.05, 4.69) is 32.2 Å². The van der Waals surface area contributed by atoms with Crippen LogP contribution in [0.2, 0.25) is 0 Å². The Bertz CT molecular complexity index is 602. The highest BCUT2D eigenvalue weighted by Crippen LogP contribution is 2.25. The van der Waals surface area contributed by atoms with Gasteiger partial charge in [-0.05, 0) is 36.0 Å². The van der Waals surface area contributed by atoms with Crippen molar-refractivity contribution in [2.24, 2.45) is 5.92 Å². The quantitative estimate of drug-likeness (QED) is 0.802. The van der Waals surface area contributed by atoms with Crippen LogP contribution >= 0.6 is 0 Å². The Morgan fingerprint density at radius 1 is 1.28 bits per heavy atom. The average molecular weight is 348 g/mol. The molecule has 1 aromatic carbocycles. The standard InChI is InChI=1S/C19H28N2O4/c1-19(2,3)15-5-4-6-16(13-15)25-12-9-20-18(24)21-10-7-14(8-11-21)17(22)23/h4-6,13-14H,7-12H2,1-3H3,(H,20,24)(H,22,23). The summed E-state index contributed by atoms with van der Waals surface area (Å²) in [4.78, 5) is 24.7. The minimum absolute atomic E-state index is 0.0651. The Hall–Kier alpha value is -2.24. The molecule has 1 fully saturated rings. The molecular formula is C19H28N2O4. The minimum atomic E-state index is -0.772. The molecule has 1 aromatic rings. The van der Waals surface area contributed by atoms with Crippen LogP contribution in [0.5, 0.6) is 5.75 Å². The summed E-state index contributed by atoms with van der Waals surface area (Å²) in [5.74, 6) is -0.308. The third-order valence-corrected chi connectivity index (χ3v) is 4.48. The van der Waals surface area contributed by atoms with Gasteiger partial charge in [0.25, 0.3) is 0 Å². The number of carboxylic acid groups (broad SMARTS) is 1. The average Bonchev–Trinajstić information content (AvgIpc) is 2.58. The van der Waals surface area contributed by atoms with Crippen molar-refractivity contribution in [1.82, 2.24) is 10.2 Å². The molecule has 25 heavy (non-hydrogen) atoms. The lowest BCUT2D eigenvalue weighted by Crippen LogP contribution is -2.46. The van der Waals surface area contributed by atoms with Gasteiger partial charge < -0.3 is 20.1 Å². The second-order valence-corrected chi connectivity index (χ2v) is 7.46. The number of piperidine rings is 1. The molecule has 2 rings (SSSR count). The molecule has 0 spiro atoms. The lowest BCUT2D eigenvalue weighted by atomic mass is 9.87. The SMILES string of the molecule is CC(C)(C)c1cccc(OCCNC(=O)N2CCC(C(=O)O)CC2)c1. The van der Waals surface area contributed by atoms with Crippen LogP contribution in [-0.2, 0) is 10.2 Å². The van der Waals surface area contributed by atoms with Crippen LogP contribution in [0.15, 0.2) is 24.3 Å². The van der Waals surface area contributed by atoms with Crippen LogP contribution in [0.1, 0.15) is 39.2 Å². The van der Waals surface area contributed by atoms with Gasteiger partial charge in [0.2, 0.25) is 0 Å². The zero-order valence-corrected chi connectivity index (χ0v) is 15.2. The maximum Gasteiger partial charge on any atom is 0.317 e. The number of likely N-dealkylation sites (tertiary alicyclic amines) is 1. The molecule has 0 atom stereocenters. The Labute approximate surface area is 149 Å². The van der Waals surface area contributed by atoms with Gasteiger partial charge in [0.15, 0.2) is 0 Å². The van der Waals surface area contributed by atoms with E-state index in [9.17, 15) is 9.59 Å². The number of nitrogens with zero attached hydrogens (tertiary/aromatic N) is 1. The second kappa shape index (κ2) is 8.23. The smallest absolute Gasteiger partial charge is 0.317 e. The molecule has 6 heteroatoms. The third-order valence-electron chi connectivity index (χ3n) is 4.48. The number of amides is 2. The first-order valence-corrected chi connectivity index (χ1v) is 8.76. The Kier molecular flexibility index (Phi) is 6.28. The number of urea groups is 1. The fourth-order valence-electron chi connectivity index (χ4n) is 2.82. The van der Waals surface area contributed by atoms with Gasteiger partial charge in [-0.15, -0.1) is 0 Å². The summed E-state index contributed by atoms with van der Waals surface area (Å²) in [5.41, 5.74) is 1.27. The highest BCUT2D eigenvalue weighted by molar-refractivity contribution is 5.75. The van der Waals surface area contributed by atoms with Crippen LogP contribution in [0.4, 0.5) is 4.79 Å². The lowest BCUT2D eigenvalue weighted by molar-refractivity contribution is -0.143. The summed E-state index contributed by atoms with van der Waals surface area (Å²) in [7, 11) is 0. The van der Waals surface area contributed by atoms with Crippen molar-refractivity contribution in [3.8, 4) is 5.75 Å². The molecule has 2 amide bonds. The fraction of sp³-hybridized carbons (Fsp3) is 0.579. The van der Waals surface area contributed by atoms with E-state index in [0.717, 1.165) is 5.75 Å². The van der Waals surface area contributed by atoms with E-state index in [1.54, 1.807) is 4.90 Å². The van der Waals surface area contributed by atoms with E-state index in [4.69, 9.17) is 9.84 Å². The van der Waals surface area contributed by atoms with Gasteiger partial charge in [0, 0.05) is 13.1 Å². The number of benzene rings is 1. The largest absolute Gasteiger partial charge is 0.492 e. The van der Waals surface area contributed by atoms with Crippen molar-refractivity contribution in [3.05, 3.63) is 29.8 Å². The van der Waals surface area contributed by atoms with Crippen LogP contribution in [0.25, 0.3) is 0 Å². The molecule has 0 radical (unpaired) electrons. The van der Waals surface area contributed by atoms with E-state index in [-0.39, 0.29) is 17.4 Å². The first kappa shape index (κ1) is 19.1. The van der Waals surface area contributed by atoms with E-state index in [1.165, 1.54) is 5.56 Å². The number of aliphatic carboxylic acids is 1. The molecular weight excluding hydrogens is 320 g/mol. The molecule has 1 aliphatic rings. The van der Waals surface area contributed by atoms with E-state index in [1.807, 2.05) is 18.2 Å². The van der Waals surface area contributed by atoms with Gasteiger partial charge in [-0.2, -0.15) is 0 Å². The third kappa shape index (κ3) is 5.66. The van der Waals surface area contributed by atoms with E-state index in [0.29, 0.717) is 39.1 Å². The van der Waals surface area contributed by atoms with Crippen LogP contribution < -0.4 is 10.1 Å². The summed E-state index contributed by atoms with van der Waals surface area (Å²) >= 11 is 0. The van der Waals surface area contributed by atoms with Crippen LogP contribution in [0.3, 0.4) is 0 Å². The molecule has 0 bridgehead atoms. The van der Waals surface area contributed by atoms with Gasteiger partial charge in [-0.3, -0.25) is 4.79 Å². The zero-order chi connectivity index (χ0) is 18.4. The Morgan fingerprint density at radius 2 is 1.96 bits per heavy atom. The van der Waals surface area contributed by atoms with Crippen LogP contribution in [-0.4, -0.2) is 48.2 Å². The normalized spacial score (nSPS) is 15.7. The van der Waals surface area contributed by atoms with Gasteiger partial charge >= 0.3 is 12.0 Å². The van der Waals surface area contributed by atoms with Crippen molar-refractivity contribution < 1.29 is 19.4 Å². The number of carboxylic acids is 1. The van der Waals surface area contributed by atoms with E-state index >= 15 is 0 Å². The first-order chi connectivity index (χ1) is 11.8. The second-order valence-electron chi connectivity index (χ2n) is 7.46. The molecule has 138 valence electrons. The van der Waals surface area contributed by atoms with Gasteiger partial charge in [-0.1, -0.05) is 32.9 Å². The molecule has 1 heterocycles. The lowest BCUT2D eigenvalue weighted by Gasteiger charge is -2.30. The van der Waals surface area contributed by atoms with Crippen molar-refractivity contribution in [2.45, 2.75) is 39.0 Å². The molecule has 0 aliphatic carbocycles. The van der Waals surface area contributed by atoms with Crippen molar-refractivity contribution >= 4 is 12.0 Å². The number of ether oxygens (including phenoxy) is 1. The first-order valence-electron chi connectivity index (χ1n) is 8.76. The topological polar surface area (TPSA) is 78.9 Å². The van der Waals surface area contributed by atoms with Gasteiger partial charge in [0.05, 0.1) is 12.5 Å². The van der Waals surface area contributed by atoms with Gasteiger partial charge in [-0.25, -0.2) is 4.79 Å². The van der Waals surface area contributed by atoms with Gasteiger partial charge in [0.1, 0.15) is 12.4 Å². The molecule has 0 saturated carbocycles. The number of hydrogen-bond acceptors (Lipinski definition) is 3. The summed E-state index contributed by atoms with van der Waals surface area (Å²) in [6, 6.07) is 7.83. The predicted molar refractivity (Wildman–Crippen MR) is 96.0 cm³/mol. The number of carbonyl (C=O) groups is 2. The Balaban J connectivity index is 1.71. The van der Waals surface area contributed by atoms with Crippen molar-refractivity contribution in [3.63, 3.8) is 0 Å². The predicted octanol–water partition coefficient (Wildman–Crippen LogP) is 2.87. The maximum atomic E-state index is 12.1. The Morgan fingerprint density at radius 3 is 2.56 bits per heavy atom. The van der Waals surface area contributed by atoms with Crippen molar-refractivity contribution in [2.75, 3.05) is 26.2 Å². The van der Waals surface area contributed by atoms with Crippen molar-refractivity contribution in [1.29, 1.82) is 0 Å².